The first-order chi connectivity index (χ1) is 21.3. The van der Waals surface area contributed by atoms with E-state index in [9.17, 15) is 14.4 Å². The second-order valence-electron chi connectivity index (χ2n) is 13.8. The number of allylic oxidation sites excluding steroid dienone is 4. The minimum Gasteiger partial charge on any atom is -0.300 e. The van der Waals surface area contributed by atoms with Gasteiger partial charge < -0.3 is 0 Å². The van der Waals surface area contributed by atoms with Gasteiger partial charge in [0.05, 0.1) is 6.42 Å². The van der Waals surface area contributed by atoms with Gasteiger partial charge in [0, 0.05) is 17.9 Å². The molecule has 2 aromatic carbocycles. The van der Waals surface area contributed by atoms with E-state index in [0.717, 1.165) is 68.9 Å². The van der Waals surface area contributed by atoms with Gasteiger partial charge in [0.25, 0.3) is 0 Å². The van der Waals surface area contributed by atoms with Crippen LogP contribution < -0.4 is 0 Å². The van der Waals surface area contributed by atoms with Gasteiger partial charge in [0.1, 0.15) is 11.6 Å². The maximum absolute atomic E-state index is 14.2. The van der Waals surface area contributed by atoms with Crippen LogP contribution in [0.15, 0.2) is 42.5 Å². The summed E-state index contributed by atoms with van der Waals surface area (Å²) in [5.41, 5.74) is 11.3. The van der Waals surface area contributed by atoms with Crippen LogP contribution in [0.5, 0.6) is 0 Å². The van der Waals surface area contributed by atoms with E-state index in [1.807, 2.05) is 0 Å². The van der Waals surface area contributed by atoms with E-state index in [4.69, 9.17) is 0 Å². The Bertz CT molecular complexity index is 1450. The van der Waals surface area contributed by atoms with Gasteiger partial charge in [-0.2, -0.15) is 0 Å². The fourth-order valence-corrected chi connectivity index (χ4v) is 8.47. The summed E-state index contributed by atoms with van der Waals surface area (Å²) in [4.78, 5) is 39.2. The Hall–Kier alpha value is -3.07. The fraction of sp³-hybridized carbons (Fsp3) is 0.537. The Morgan fingerprint density at radius 1 is 0.932 bits per heavy atom. The molecule has 0 fully saturated rings. The molecule has 3 aliphatic rings. The molecule has 0 aliphatic heterocycles. The number of fused-ring (bicyclic) bond motifs is 2. The lowest BCUT2D eigenvalue weighted by molar-refractivity contribution is -0.129. The Kier molecular flexibility index (Phi) is 10.9. The maximum atomic E-state index is 14.2. The summed E-state index contributed by atoms with van der Waals surface area (Å²) in [6.07, 6.45) is 21.1. The van der Waals surface area contributed by atoms with Gasteiger partial charge in [-0.05, 0) is 140 Å². The van der Waals surface area contributed by atoms with Gasteiger partial charge >= 0.3 is 0 Å². The first-order valence-electron chi connectivity index (χ1n) is 17.5. The van der Waals surface area contributed by atoms with E-state index in [-0.39, 0.29) is 41.5 Å². The van der Waals surface area contributed by atoms with Crippen molar-refractivity contribution in [3.63, 3.8) is 0 Å². The number of benzene rings is 2. The number of hydrogen-bond acceptors (Lipinski definition) is 3. The van der Waals surface area contributed by atoms with Gasteiger partial charge in [0.15, 0.2) is 5.78 Å². The van der Waals surface area contributed by atoms with Crippen molar-refractivity contribution in [3.8, 4) is 11.1 Å². The molecule has 0 amide bonds. The number of hydrogen-bond donors (Lipinski definition) is 0. The molecular formula is C41H52O3. The predicted molar refractivity (Wildman–Crippen MR) is 182 cm³/mol. The molecule has 0 aromatic heterocycles. The van der Waals surface area contributed by atoms with Gasteiger partial charge in [-0.3, -0.25) is 14.4 Å². The van der Waals surface area contributed by atoms with E-state index in [2.05, 4.69) is 63.3 Å². The van der Waals surface area contributed by atoms with Crippen molar-refractivity contribution in [2.75, 3.05) is 0 Å². The summed E-state index contributed by atoms with van der Waals surface area (Å²) in [7, 11) is 0. The number of ketones is 3. The molecule has 44 heavy (non-hydrogen) atoms. The molecule has 0 saturated carbocycles. The quantitative estimate of drug-likeness (QED) is 0.244. The minimum absolute atomic E-state index is 0.0284. The van der Waals surface area contributed by atoms with E-state index in [0.29, 0.717) is 6.42 Å². The van der Waals surface area contributed by atoms with Gasteiger partial charge in [-0.15, -0.1) is 0 Å². The molecule has 3 unspecified atom stereocenters. The third-order valence-corrected chi connectivity index (χ3v) is 10.6. The minimum atomic E-state index is -0.112. The summed E-state index contributed by atoms with van der Waals surface area (Å²) in [6, 6.07) is 9.41. The number of rotatable bonds is 11. The largest absolute Gasteiger partial charge is 0.300 e. The van der Waals surface area contributed by atoms with Crippen LogP contribution in [0, 0.1) is 24.7 Å². The number of carbonyl (C=O) groups excluding carboxylic acids is 3. The molecule has 3 aliphatic carbocycles. The number of Topliss-reactive ketones (excluding diaryl/α,β-unsaturated/α-hetero) is 3. The van der Waals surface area contributed by atoms with Crippen LogP contribution in [-0.4, -0.2) is 17.3 Å². The van der Waals surface area contributed by atoms with Crippen molar-refractivity contribution < 1.29 is 14.4 Å². The molecule has 3 heteroatoms. The monoisotopic (exact) mass is 592 g/mol. The molecule has 0 saturated heterocycles. The van der Waals surface area contributed by atoms with Crippen LogP contribution in [0.1, 0.15) is 136 Å². The van der Waals surface area contributed by atoms with E-state index < -0.39 is 0 Å². The lowest BCUT2D eigenvalue weighted by Gasteiger charge is -2.33. The van der Waals surface area contributed by atoms with Crippen LogP contribution >= 0.6 is 0 Å². The predicted octanol–water partition coefficient (Wildman–Crippen LogP) is 10.2. The van der Waals surface area contributed by atoms with Crippen LogP contribution in [0.2, 0.25) is 0 Å². The molecular weight excluding hydrogens is 540 g/mol. The van der Waals surface area contributed by atoms with Crippen molar-refractivity contribution in [2.45, 2.75) is 124 Å². The third kappa shape index (κ3) is 7.24. The lowest BCUT2D eigenvalue weighted by atomic mass is 9.70. The Morgan fingerprint density at radius 3 is 2.52 bits per heavy atom. The van der Waals surface area contributed by atoms with Crippen LogP contribution in [0.3, 0.4) is 0 Å². The van der Waals surface area contributed by atoms with Crippen molar-refractivity contribution in [1.82, 2.24) is 0 Å². The SMILES string of the molecule is CCCC(CC1CC(=O)c2c(C)c(C3=CC=CCCCCC3)cc(-c3ccc4c(c3)CCC4)c2C1)C(CC)C(=O)CC(C)=O. The van der Waals surface area contributed by atoms with Crippen LogP contribution in [-0.2, 0) is 28.9 Å². The zero-order chi connectivity index (χ0) is 31.2. The molecule has 0 radical (unpaired) electrons. The van der Waals surface area contributed by atoms with Gasteiger partial charge in [0.2, 0.25) is 0 Å². The second kappa shape index (κ2) is 14.8. The molecule has 234 valence electrons. The topological polar surface area (TPSA) is 51.2 Å². The summed E-state index contributed by atoms with van der Waals surface area (Å²) in [6.45, 7) is 7.93. The molecule has 3 nitrogen and oxygen atoms in total. The summed E-state index contributed by atoms with van der Waals surface area (Å²) in [5.74, 6) is 0.584. The summed E-state index contributed by atoms with van der Waals surface area (Å²) >= 11 is 0. The highest BCUT2D eigenvalue weighted by Gasteiger charge is 2.35. The molecule has 0 heterocycles. The lowest BCUT2D eigenvalue weighted by Crippen LogP contribution is -2.30. The molecule has 3 atom stereocenters. The molecule has 5 rings (SSSR count). The van der Waals surface area contributed by atoms with Gasteiger partial charge in [-0.25, -0.2) is 0 Å². The molecule has 0 bridgehead atoms. The standard InChI is InChI=1S/C41H52O3/c1-5-14-33(35(6-2)39(43)21-27(3)42)22-29-23-38-37(34-20-19-30-17-13-18-32(30)25-34)26-36(28(4)41(38)40(44)24-29)31-15-11-9-7-8-10-12-16-31/h9,11,15,19-20,25-26,29,33,35H,5-8,10,12-14,16-18,21-24H2,1-4H3. The molecule has 0 spiro atoms. The smallest absolute Gasteiger partial charge is 0.163 e. The fourth-order valence-electron chi connectivity index (χ4n) is 8.47. The van der Waals surface area contributed by atoms with Crippen molar-refractivity contribution in [2.24, 2.45) is 17.8 Å². The Morgan fingerprint density at radius 2 is 1.75 bits per heavy atom. The number of aryl methyl sites for hydroxylation is 2. The highest BCUT2D eigenvalue weighted by atomic mass is 16.1. The molecule has 2 aromatic rings. The van der Waals surface area contributed by atoms with Gasteiger partial charge in [-0.1, -0.05) is 69.5 Å². The normalized spacial score (nSPS) is 19.7. The number of carbonyl (C=O) groups is 3. The first kappa shape index (κ1) is 32.3. The van der Waals surface area contributed by atoms with Crippen LogP contribution in [0.4, 0.5) is 0 Å². The highest BCUT2D eigenvalue weighted by molar-refractivity contribution is 6.03. The zero-order valence-electron chi connectivity index (χ0n) is 27.6. The van der Waals surface area contributed by atoms with Crippen LogP contribution in [0.25, 0.3) is 16.7 Å². The molecule has 0 N–H and O–H groups in total. The average Bonchev–Trinajstić information content (AvgIpc) is 3.50. The van der Waals surface area contributed by atoms with E-state index >= 15 is 0 Å². The van der Waals surface area contributed by atoms with E-state index in [1.165, 1.54) is 71.6 Å². The highest BCUT2D eigenvalue weighted by Crippen LogP contribution is 2.43. The third-order valence-electron chi connectivity index (χ3n) is 10.6. The van der Waals surface area contributed by atoms with Crippen molar-refractivity contribution in [1.29, 1.82) is 0 Å². The van der Waals surface area contributed by atoms with Crippen molar-refractivity contribution in [3.05, 3.63) is 75.9 Å². The maximum Gasteiger partial charge on any atom is 0.163 e. The second-order valence-corrected chi connectivity index (χ2v) is 13.8. The zero-order valence-corrected chi connectivity index (χ0v) is 27.6. The summed E-state index contributed by atoms with van der Waals surface area (Å²) < 4.78 is 0. The summed E-state index contributed by atoms with van der Waals surface area (Å²) in [5, 5.41) is 0. The average molecular weight is 593 g/mol. The van der Waals surface area contributed by atoms with E-state index in [1.54, 1.807) is 0 Å². The van der Waals surface area contributed by atoms with Crippen molar-refractivity contribution >= 4 is 22.9 Å². The Labute approximate surface area is 265 Å². The first-order valence-corrected chi connectivity index (χ1v) is 17.5. The Balaban J connectivity index is 1.56.